The lowest BCUT2D eigenvalue weighted by atomic mass is 10.2. The first-order valence-corrected chi connectivity index (χ1v) is 6.56. The van der Waals surface area contributed by atoms with E-state index in [0.29, 0.717) is 4.88 Å². The topological polar surface area (TPSA) is 95.5 Å². The van der Waals surface area contributed by atoms with Crippen LogP contribution in [-0.2, 0) is 9.59 Å². The van der Waals surface area contributed by atoms with Crippen LogP contribution in [0.15, 0.2) is 12.1 Å². The van der Waals surface area contributed by atoms with Crippen molar-refractivity contribution in [2.24, 2.45) is 5.92 Å². The molecule has 0 aromatic carbocycles. The Bertz CT molecular complexity index is 484. The van der Waals surface area contributed by atoms with Gasteiger partial charge in [0.1, 0.15) is 0 Å². The summed E-state index contributed by atoms with van der Waals surface area (Å²) in [5.41, 5.74) is 0. The molecule has 0 aliphatic rings. The number of amides is 2. The predicted molar refractivity (Wildman–Crippen MR) is 71.2 cm³/mol. The van der Waals surface area contributed by atoms with Crippen molar-refractivity contribution in [3.63, 3.8) is 0 Å². The van der Waals surface area contributed by atoms with E-state index in [1.807, 2.05) is 13.0 Å². The molecule has 2 amide bonds. The standard InChI is InChI=1S/C12H16N2O4S/c1-7(12(17)18)5-13-10(15)6-14-11(16)9-4-3-8(2)19-9/h3-4,7H,5-6H2,1-2H3,(H,13,15)(H,14,16)(H,17,18). The monoisotopic (exact) mass is 284 g/mol. The lowest BCUT2D eigenvalue weighted by molar-refractivity contribution is -0.141. The minimum atomic E-state index is -0.974. The second-order valence-corrected chi connectivity index (χ2v) is 5.42. The van der Waals surface area contributed by atoms with E-state index >= 15 is 0 Å². The van der Waals surface area contributed by atoms with E-state index in [1.165, 1.54) is 18.3 Å². The summed E-state index contributed by atoms with van der Waals surface area (Å²) in [6.45, 7) is 3.27. The molecule has 6 nitrogen and oxygen atoms in total. The number of hydrogen-bond acceptors (Lipinski definition) is 4. The molecule has 1 heterocycles. The number of carboxylic acids is 1. The summed E-state index contributed by atoms with van der Waals surface area (Å²) in [4.78, 5) is 35.1. The molecule has 0 radical (unpaired) electrons. The van der Waals surface area contributed by atoms with Crippen LogP contribution in [0.2, 0.25) is 0 Å². The molecule has 3 N–H and O–H groups in total. The Morgan fingerprint density at radius 3 is 2.53 bits per heavy atom. The van der Waals surface area contributed by atoms with Gasteiger partial charge in [0.05, 0.1) is 17.3 Å². The Hall–Kier alpha value is -1.89. The van der Waals surface area contributed by atoms with Crippen LogP contribution in [0.4, 0.5) is 0 Å². The first-order chi connectivity index (χ1) is 8.90. The molecule has 0 fully saturated rings. The third-order valence-corrected chi connectivity index (χ3v) is 3.40. The summed E-state index contributed by atoms with van der Waals surface area (Å²) < 4.78 is 0. The van der Waals surface area contributed by atoms with E-state index in [0.717, 1.165) is 4.88 Å². The van der Waals surface area contributed by atoms with Gasteiger partial charge in [-0.05, 0) is 19.1 Å². The van der Waals surface area contributed by atoms with Gasteiger partial charge in [0, 0.05) is 11.4 Å². The van der Waals surface area contributed by atoms with Crippen LogP contribution in [0.25, 0.3) is 0 Å². The Balaban J connectivity index is 2.30. The SMILES string of the molecule is Cc1ccc(C(=O)NCC(=O)NCC(C)C(=O)O)s1. The van der Waals surface area contributed by atoms with Gasteiger partial charge in [-0.1, -0.05) is 6.92 Å². The number of rotatable bonds is 6. The van der Waals surface area contributed by atoms with Crippen molar-refractivity contribution in [1.82, 2.24) is 10.6 Å². The number of nitrogens with one attached hydrogen (secondary N) is 2. The van der Waals surface area contributed by atoms with Crippen molar-refractivity contribution in [1.29, 1.82) is 0 Å². The van der Waals surface area contributed by atoms with Crippen LogP contribution in [0, 0.1) is 12.8 Å². The average Bonchev–Trinajstić information content (AvgIpc) is 2.79. The molecule has 0 saturated heterocycles. The van der Waals surface area contributed by atoms with Gasteiger partial charge in [0.15, 0.2) is 0 Å². The summed E-state index contributed by atoms with van der Waals surface area (Å²) in [5.74, 6) is -2.34. The van der Waals surface area contributed by atoms with E-state index in [2.05, 4.69) is 10.6 Å². The van der Waals surface area contributed by atoms with Gasteiger partial charge in [0.2, 0.25) is 5.91 Å². The number of carbonyl (C=O) groups is 3. The Morgan fingerprint density at radius 2 is 2.00 bits per heavy atom. The van der Waals surface area contributed by atoms with Gasteiger partial charge in [-0.25, -0.2) is 0 Å². The highest BCUT2D eigenvalue weighted by molar-refractivity contribution is 7.13. The summed E-state index contributed by atoms with van der Waals surface area (Å²) in [5, 5.41) is 13.6. The van der Waals surface area contributed by atoms with Crippen LogP contribution in [0.1, 0.15) is 21.5 Å². The molecule has 104 valence electrons. The average molecular weight is 284 g/mol. The molecule has 7 heteroatoms. The van der Waals surface area contributed by atoms with Crippen LogP contribution < -0.4 is 10.6 Å². The summed E-state index contributed by atoms with van der Waals surface area (Å²) in [6, 6.07) is 3.52. The number of carboxylic acid groups (broad SMARTS) is 1. The highest BCUT2D eigenvalue weighted by Gasteiger charge is 2.13. The number of thiophene rings is 1. The van der Waals surface area contributed by atoms with Gasteiger partial charge in [0.25, 0.3) is 5.91 Å². The maximum Gasteiger partial charge on any atom is 0.308 e. The quantitative estimate of drug-likeness (QED) is 0.713. The third kappa shape index (κ3) is 5.09. The highest BCUT2D eigenvalue weighted by Crippen LogP contribution is 2.14. The normalized spacial score (nSPS) is 11.7. The molecule has 1 unspecified atom stereocenters. The summed E-state index contributed by atoms with van der Waals surface area (Å²) in [6.07, 6.45) is 0. The minimum Gasteiger partial charge on any atom is -0.481 e. The van der Waals surface area contributed by atoms with Gasteiger partial charge in [-0.15, -0.1) is 11.3 Å². The second kappa shape index (κ2) is 6.89. The summed E-state index contributed by atoms with van der Waals surface area (Å²) in [7, 11) is 0. The number of aliphatic carboxylic acids is 1. The Kier molecular flexibility index (Phi) is 5.50. The second-order valence-electron chi connectivity index (χ2n) is 4.14. The number of aryl methyl sites for hydroxylation is 1. The fourth-order valence-electron chi connectivity index (χ4n) is 1.22. The summed E-state index contributed by atoms with van der Waals surface area (Å²) >= 11 is 1.35. The van der Waals surface area contributed by atoms with Gasteiger partial charge < -0.3 is 15.7 Å². The van der Waals surface area contributed by atoms with Gasteiger partial charge >= 0.3 is 5.97 Å². The molecule has 1 rings (SSSR count). The van der Waals surface area contributed by atoms with Crippen LogP contribution in [0.5, 0.6) is 0 Å². The molecular weight excluding hydrogens is 268 g/mol. The molecule has 19 heavy (non-hydrogen) atoms. The van der Waals surface area contributed by atoms with Crippen molar-refractivity contribution in [2.45, 2.75) is 13.8 Å². The molecule has 0 aliphatic carbocycles. The lowest BCUT2D eigenvalue weighted by Gasteiger charge is -2.08. The maximum atomic E-state index is 11.6. The smallest absolute Gasteiger partial charge is 0.308 e. The van der Waals surface area contributed by atoms with E-state index in [4.69, 9.17) is 5.11 Å². The Labute approximate surface area is 114 Å². The lowest BCUT2D eigenvalue weighted by Crippen LogP contribution is -2.39. The molecule has 1 aromatic heterocycles. The Morgan fingerprint density at radius 1 is 1.32 bits per heavy atom. The van der Waals surface area contributed by atoms with Crippen molar-refractivity contribution in [2.75, 3.05) is 13.1 Å². The van der Waals surface area contributed by atoms with E-state index in [9.17, 15) is 14.4 Å². The van der Waals surface area contributed by atoms with Crippen molar-refractivity contribution >= 4 is 29.1 Å². The largest absolute Gasteiger partial charge is 0.481 e. The molecule has 0 saturated carbocycles. The van der Waals surface area contributed by atoms with E-state index in [-0.39, 0.29) is 19.0 Å². The van der Waals surface area contributed by atoms with Crippen LogP contribution >= 0.6 is 11.3 Å². The zero-order valence-electron chi connectivity index (χ0n) is 10.7. The van der Waals surface area contributed by atoms with Crippen LogP contribution in [-0.4, -0.2) is 36.0 Å². The third-order valence-electron chi connectivity index (χ3n) is 2.40. The number of carbonyl (C=O) groups excluding carboxylic acids is 2. The zero-order valence-corrected chi connectivity index (χ0v) is 11.5. The fourth-order valence-corrected chi connectivity index (χ4v) is 2.00. The highest BCUT2D eigenvalue weighted by atomic mass is 32.1. The molecule has 1 atom stereocenters. The zero-order chi connectivity index (χ0) is 14.4. The van der Waals surface area contributed by atoms with E-state index < -0.39 is 17.8 Å². The number of hydrogen-bond donors (Lipinski definition) is 3. The predicted octanol–water partition coefficient (Wildman–Crippen LogP) is 0.623. The first-order valence-electron chi connectivity index (χ1n) is 5.74. The minimum absolute atomic E-state index is 0.0438. The molecule has 0 spiro atoms. The molecule has 0 aliphatic heterocycles. The van der Waals surface area contributed by atoms with E-state index in [1.54, 1.807) is 6.07 Å². The van der Waals surface area contributed by atoms with Gasteiger partial charge in [-0.3, -0.25) is 14.4 Å². The first kappa shape index (κ1) is 15.2. The van der Waals surface area contributed by atoms with Gasteiger partial charge in [-0.2, -0.15) is 0 Å². The molecule has 1 aromatic rings. The van der Waals surface area contributed by atoms with Crippen molar-refractivity contribution in [3.05, 3.63) is 21.9 Å². The molecule has 0 bridgehead atoms. The fraction of sp³-hybridized carbons (Fsp3) is 0.417. The molecular formula is C12H16N2O4S. The van der Waals surface area contributed by atoms with Crippen molar-refractivity contribution < 1.29 is 19.5 Å². The maximum absolute atomic E-state index is 11.6. The van der Waals surface area contributed by atoms with Crippen LogP contribution in [0.3, 0.4) is 0 Å². The van der Waals surface area contributed by atoms with Crippen molar-refractivity contribution in [3.8, 4) is 0 Å².